The van der Waals surface area contributed by atoms with Crippen molar-refractivity contribution in [2.75, 3.05) is 6.54 Å². The predicted molar refractivity (Wildman–Crippen MR) is 121 cm³/mol. The molecule has 0 aliphatic heterocycles. The summed E-state index contributed by atoms with van der Waals surface area (Å²) in [5, 5.41) is 5.32. The lowest BCUT2D eigenvalue weighted by Crippen LogP contribution is -2.37. The van der Waals surface area contributed by atoms with Crippen molar-refractivity contribution in [3.05, 3.63) is 59.7 Å². The zero-order valence-corrected chi connectivity index (χ0v) is 18.7. The Bertz CT molecular complexity index is 921. The highest BCUT2D eigenvalue weighted by molar-refractivity contribution is 5.80. The second-order valence-electron chi connectivity index (χ2n) is 8.77. The summed E-state index contributed by atoms with van der Waals surface area (Å²) in [4.78, 5) is 35.6. The number of fused-ring (bicyclic) bond motifs is 3. The minimum Gasteiger partial charge on any atom is -0.444 e. The van der Waals surface area contributed by atoms with Crippen LogP contribution in [0.5, 0.6) is 0 Å². The second-order valence-corrected chi connectivity index (χ2v) is 8.77. The van der Waals surface area contributed by atoms with Gasteiger partial charge in [0.15, 0.2) is 6.10 Å². The number of unbranched alkanes of at least 4 members (excludes halogenated alkanes) is 1. The van der Waals surface area contributed by atoms with Gasteiger partial charge in [0.05, 0.1) is 6.04 Å². The molecule has 0 saturated heterocycles. The van der Waals surface area contributed by atoms with E-state index in [0.717, 1.165) is 22.3 Å². The molecule has 7 heteroatoms. The van der Waals surface area contributed by atoms with E-state index < -0.39 is 29.9 Å². The van der Waals surface area contributed by atoms with Crippen LogP contribution in [0.15, 0.2) is 48.5 Å². The quantitative estimate of drug-likeness (QED) is 0.458. The van der Waals surface area contributed by atoms with Gasteiger partial charge in [-0.2, -0.15) is 0 Å². The maximum Gasteiger partial charge on any atom is 0.408 e. The highest BCUT2D eigenvalue weighted by Gasteiger charge is 2.31. The van der Waals surface area contributed by atoms with Crippen LogP contribution >= 0.6 is 0 Å². The van der Waals surface area contributed by atoms with E-state index in [0.29, 0.717) is 32.1 Å². The van der Waals surface area contributed by atoms with E-state index in [1.807, 2.05) is 48.5 Å². The molecule has 3 rings (SSSR count). The summed E-state index contributed by atoms with van der Waals surface area (Å²) in [6, 6.07) is 15.0. The first-order chi connectivity index (χ1) is 15.3. The van der Waals surface area contributed by atoms with Crippen molar-refractivity contribution in [2.24, 2.45) is 0 Å². The molecule has 2 amide bonds. The van der Waals surface area contributed by atoms with E-state index in [4.69, 9.17) is 9.47 Å². The Morgan fingerprint density at radius 1 is 0.969 bits per heavy atom. The third-order valence-electron chi connectivity index (χ3n) is 5.08. The van der Waals surface area contributed by atoms with Gasteiger partial charge in [0.2, 0.25) is 0 Å². The van der Waals surface area contributed by atoms with Crippen LogP contribution in [-0.4, -0.2) is 36.7 Å². The number of carbonyl (C=O) groups excluding carboxylic acids is 3. The Kier molecular flexibility index (Phi) is 7.51. The molecule has 2 aromatic carbocycles. The van der Waals surface area contributed by atoms with Crippen LogP contribution in [0.3, 0.4) is 0 Å². The van der Waals surface area contributed by atoms with Crippen molar-refractivity contribution in [3.63, 3.8) is 0 Å². The SMILES string of the molecule is CC(C)(C)OC(=O)NCCCCC(C=O)NC(=O)OC1c2ccccc2-c2ccccc21. The Labute approximate surface area is 188 Å². The van der Waals surface area contributed by atoms with Crippen LogP contribution in [0, 0.1) is 0 Å². The van der Waals surface area contributed by atoms with Crippen molar-refractivity contribution < 1.29 is 23.9 Å². The Morgan fingerprint density at radius 2 is 1.56 bits per heavy atom. The van der Waals surface area contributed by atoms with Crippen molar-refractivity contribution in [3.8, 4) is 11.1 Å². The van der Waals surface area contributed by atoms with E-state index in [2.05, 4.69) is 10.6 Å². The molecule has 2 N–H and O–H groups in total. The van der Waals surface area contributed by atoms with Gasteiger partial charge >= 0.3 is 12.2 Å². The number of ether oxygens (including phenoxy) is 2. The highest BCUT2D eigenvalue weighted by atomic mass is 16.6. The van der Waals surface area contributed by atoms with Gasteiger partial charge in [0, 0.05) is 17.7 Å². The van der Waals surface area contributed by atoms with E-state index in [-0.39, 0.29) is 0 Å². The molecule has 0 aromatic heterocycles. The number of hydrogen-bond acceptors (Lipinski definition) is 5. The van der Waals surface area contributed by atoms with Crippen LogP contribution in [0.4, 0.5) is 9.59 Å². The first-order valence-corrected chi connectivity index (χ1v) is 10.9. The molecule has 0 heterocycles. The summed E-state index contributed by atoms with van der Waals surface area (Å²) >= 11 is 0. The fourth-order valence-electron chi connectivity index (χ4n) is 3.70. The number of aldehydes is 1. The van der Waals surface area contributed by atoms with Crippen molar-refractivity contribution >= 4 is 18.5 Å². The lowest BCUT2D eigenvalue weighted by atomic mass is 10.1. The largest absolute Gasteiger partial charge is 0.444 e. The van der Waals surface area contributed by atoms with Gasteiger partial charge in [-0.1, -0.05) is 48.5 Å². The molecule has 0 fully saturated rings. The number of carbonyl (C=O) groups is 3. The van der Waals surface area contributed by atoms with Crippen molar-refractivity contribution in [1.29, 1.82) is 0 Å². The maximum atomic E-state index is 12.5. The second kappa shape index (κ2) is 10.3. The van der Waals surface area contributed by atoms with Gasteiger partial charge in [-0.15, -0.1) is 0 Å². The summed E-state index contributed by atoms with van der Waals surface area (Å²) in [6.07, 6.45) is 0.852. The third-order valence-corrected chi connectivity index (χ3v) is 5.08. The summed E-state index contributed by atoms with van der Waals surface area (Å²) < 4.78 is 10.9. The van der Waals surface area contributed by atoms with Crippen LogP contribution in [-0.2, 0) is 14.3 Å². The molecule has 0 radical (unpaired) electrons. The molecule has 32 heavy (non-hydrogen) atoms. The Balaban J connectivity index is 1.47. The summed E-state index contributed by atoms with van der Waals surface area (Å²) in [6.45, 7) is 5.83. The number of amides is 2. The number of hydrogen-bond donors (Lipinski definition) is 2. The Morgan fingerprint density at radius 3 is 2.12 bits per heavy atom. The molecule has 2 aromatic rings. The maximum absolute atomic E-state index is 12.5. The molecular formula is C25H30N2O5. The first-order valence-electron chi connectivity index (χ1n) is 10.9. The third kappa shape index (κ3) is 6.09. The number of alkyl carbamates (subject to hydrolysis) is 2. The summed E-state index contributed by atoms with van der Waals surface area (Å²) in [7, 11) is 0. The van der Waals surface area contributed by atoms with Crippen LogP contribution < -0.4 is 10.6 Å². The normalized spacial score (nSPS) is 13.5. The number of rotatable bonds is 8. The predicted octanol–water partition coefficient (Wildman–Crippen LogP) is 4.75. The van der Waals surface area contributed by atoms with Crippen molar-refractivity contribution in [2.45, 2.75) is 57.8 Å². The highest BCUT2D eigenvalue weighted by Crippen LogP contribution is 2.44. The molecule has 1 aliphatic carbocycles. The average Bonchev–Trinajstić information content (AvgIpc) is 3.05. The van der Waals surface area contributed by atoms with Gasteiger partial charge in [-0.05, 0) is 51.2 Å². The lowest BCUT2D eigenvalue weighted by molar-refractivity contribution is -0.109. The van der Waals surface area contributed by atoms with E-state index in [9.17, 15) is 14.4 Å². The topological polar surface area (TPSA) is 93.7 Å². The van der Waals surface area contributed by atoms with Crippen LogP contribution in [0.25, 0.3) is 11.1 Å². The molecule has 0 saturated carbocycles. The fourth-order valence-corrected chi connectivity index (χ4v) is 3.70. The lowest BCUT2D eigenvalue weighted by Gasteiger charge is -2.20. The number of benzene rings is 2. The van der Waals surface area contributed by atoms with E-state index >= 15 is 0 Å². The van der Waals surface area contributed by atoms with Crippen molar-refractivity contribution in [1.82, 2.24) is 10.6 Å². The standard InChI is InChI=1S/C25H30N2O5/c1-25(2,3)32-23(29)26-15-9-8-10-17(16-28)27-24(30)31-22-20-13-6-4-11-18(20)19-12-5-7-14-21(19)22/h4-7,11-14,16-17,22H,8-10,15H2,1-3H3,(H,26,29)(H,27,30). The molecule has 1 atom stereocenters. The zero-order valence-electron chi connectivity index (χ0n) is 18.7. The molecule has 0 spiro atoms. The molecule has 170 valence electrons. The molecule has 1 unspecified atom stereocenters. The van der Waals surface area contributed by atoms with Gasteiger partial charge in [0.1, 0.15) is 11.9 Å². The minimum atomic E-state index is -0.657. The smallest absolute Gasteiger partial charge is 0.408 e. The average molecular weight is 439 g/mol. The van der Waals surface area contributed by atoms with E-state index in [1.165, 1.54) is 0 Å². The van der Waals surface area contributed by atoms with Gasteiger partial charge in [-0.3, -0.25) is 0 Å². The molecule has 1 aliphatic rings. The van der Waals surface area contributed by atoms with E-state index in [1.54, 1.807) is 20.8 Å². The number of nitrogens with one attached hydrogen (secondary N) is 2. The summed E-state index contributed by atoms with van der Waals surface area (Å²) in [5.74, 6) is 0. The zero-order chi connectivity index (χ0) is 23.1. The first kappa shape index (κ1) is 23.3. The molecule has 7 nitrogen and oxygen atoms in total. The summed E-state index contributed by atoms with van der Waals surface area (Å²) in [5.41, 5.74) is 3.41. The van der Waals surface area contributed by atoms with Crippen LogP contribution in [0.2, 0.25) is 0 Å². The Hall–Kier alpha value is -3.35. The van der Waals surface area contributed by atoms with Crippen LogP contribution in [0.1, 0.15) is 57.3 Å². The van der Waals surface area contributed by atoms with Gasteiger partial charge < -0.3 is 24.9 Å². The van der Waals surface area contributed by atoms with Gasteiger partial charge in [-0.25, -0.2) is 9.59 Å². The molecular weight excluding hydrogens is 408 g/mol. The monoisotopic (exact) mass is 438 g/mol. The van der Waals surface area contributed by atoms with Gasteiger partial charge in [0.25, 0.3) is 0 Å². The minimum absolute atomic E-state index is 0.431. The fraction of sp³-hybridized carbons (Fsp3) is 0.400. The molecule has 0 bridgehead atoms.